The first kappa shape index (κ1) is 87.7. The quantitative estimate of drug-likeness (QED) is 0.0195. The van der Waals surface area contributed by atoms with Gasteiger partial charge in [-0.05, 0) is 77.0 Å². The lowest BCUT2D eigenvalue weighted by atomic mass is 10.0. The molecule has 2 unspecified atom stereocenters. The minimum absolute atomic E-state index is 0.0283. The predicted molar refractivity (Wildman–Crippen MR) is 388 cm³/mol. The molecule has 0 heterocycles. The summed E-state index contributed by atoms with van der Waals surface area (Å²) in [5, 5.41) is 0. The number of phosphoric acid groups is 1. The number of phosphoric ester groups is 1. The summed E-state index contributed by atoms with van der Waals surface area (Å²) >= 11 is 0. The molecule has 0 radical (unpaired) electrons. The van der Waals surface area contributed by atoms with E-state index < -0.39 is 26.5 Å². The molecule has 0 amide bonds. The molecule has 0 saturated carbocycles. The van der Waals surface area contributed by atoms with E-state index in [1.165, 1.54) is 295 Å². The van der Waals surface area contributed by atoms with Crippen LogP contribution in [-0.2, 0) is 32.7 Å². The Kier molecular flexibility index (Phi) is 69.2. The fourth-order valence-electron chi connectivity index (χ4n) is 11.6. The Morgan fingerprint density at radius 3 is 0.956 bits per heavy atom. The van der Waals surface area contributed by atoms with Gasteiger partial charge >= 0.3 is 11.9 Å². The fraction of sp³-hybridized carbons (Fsp3) is 0.850. The molecule has 0 bridgehead atoms. The van der Waals surface area contributed by atoms with Crippen molar-refractivity contribution in [1.29, 1.82) is 0 Å². The van der Waals surface area contributed by atoms with Gasteiger partial charge in [0.2, 0.25) is 0 Å². The molecule has 0 aliphatic carbocycles. The van der Waals surface area contributed by atoms with E-state index in [1.807, 2.05) is 21.1 Å². The second kappa shape index (κ2) is 71.0. The second-order valence-corrected chi connectivity index (χ2v) is 29.1. The number of carbonyl (C=O) groups is 2. The van der Waals surface area contributed by atoms with Gasteiger partial charge in [0, 0.05) is 12.8 Å². The number of hydrogen-bond donors (Lipinski definition) is 0. The molecule has 9 nitrogen and oxygen atoms in total. The average molecular weight is 1290 g/mol. The van der Waals surface area contributed by atoms with Gasteiger partial charge < -0.3 is 27.9 Å². The van der Waals surface area contributed by atoms with Crippen molar-refractivity contribution >= 4 is 19.8 Å². The van der Waals surface area contributed by atoms with E-state index in [0.717, 1.165) is 57.8 Å². The maximum absolute atomic E-state index is 12.9. The van der Waals surface area contributed by atoms with Crippen LogP contribution in [0, 0.1) is 0 Å². The van der Waals surface area contributed by atoms with Crippen molar-refractivity contribution in [1.82, 2.24) is 0 Å². The molecule has 10 heteroatoms. The van der Waals surface area contributed by atoms with Gasteiger partial charge in [0.25, 0.3) is 7.82 Å². The van der Waals surface area contributed by atoms with Gasteiger partial charge in [-0.15, -0.1) is 0 Å². The highest BCUT2D eigenvalue weighted by atomic mass is 31.2. The molecule has 0 spiro atoms. The van der Waals surface area contributed by atoms with E-state index in [2.05, 4.69) is 74.6 Å². The first-order valence-electron chi connectivity index (χ1n) is 39.0. The van der Waals surface area contributed by atoms with Crippen molar-refractivity contribution in [3.05, 3.63) is 60.8 Å². The lowest BCUT2D eigenvalue weighted by molar-refractivity contribution is -0.870. The number of carbonyl (C=O) groups excluding carboxylic acids is 2. The molecule has 0 aromatic rings. The molecule has 0 aliphatic rings. The molecule has 528 valence electrons. The molecule has 0 fully saturated rings. The zero-order chi connectivity index (χ0) is 65.5. The van der Waals surface area contributed by atoms with E-state index >= 15 is 0 Å². The number of hydrogen-bond acceptors (Lipinski definition) is 8. The predicted octanol–water partition coefficient (Wildman–Crippen LogP) is 25.1. The Labute approximate surface area is 559 Å². The molecular weight excluding hydrogens is 1130 g/mol. The van der Waals surface area contributed by atoms with Gasteiger partial charge in [-0.1, -0.05) is 357 Å². The number of likely N-dealkylation sites (N-methyl/N-ethyl adjacent to an activating group) is 1. The highest BCUT2D eigenvalue weighted by molar-refractivity contribution is 7.45. The van der Waals surface area contributed by atoms with Crippen molar-refractivity contribution in [2.24, 2.45) is 0 Å². The number of nitrogens with zero attached hydrogens (tertiary/aromatic N) is 1. The topological polar surface area (TPSA) is 111 Å². The lowest BCUT2D eigenvalue weighted by Crippen LogP contribution is -2.37. The molecule has 0 aromatic carbocycles. The van der Waals surface area contributed by atoms with Crippen molar-refractivity contribution in [2.45, 2.75) is 392 Å². The monoisotopic (exact) mass is 1280 g/mol. The molecule has 0 aliphatic heterocycles. The number of esters is 2. The molecule has 0 N–H and O–H groups in total. The van der Waals surface area contributed by atoms with Crippen LogP contribution in [0.5, 0.6) is 0 Å². The summed E-state index contributed by atoms with van der Waals surface area (Å²) in [6.07, 6.45) is 94.9. The summed E-state index contributed by atoms with van der Waals surface area (Å²) in [5.41, 5.74) is 0. The van der Waals surface area contributed by atoms with Crippen molar-refractivity contribution in [3.63, 3.8) is 0 Å². The van der Waals surface area contributed by atoms with Crippen LogP contribution in [-0.4, -0.2) is 70.0 Å². The zero-order valence-electron chi connectivity index (χ0n) is 60.4. The van der Waals surface area contributed by atoms with E-state index in [9.17, 15) is 19.0 Å². The standard InChI is InChI=1S/C80H150NO8P/c1-6-8-10-12-14-16-18-20-22-24-26-28-30-32-33-34-35-36-37-38-39-40-41-42-43-44-45-46-47-49-51-53-55-57-59-61-63-65-67-69-71-73-80(83)89-78(77-88-90(84,85)87-75-74-81(3,4)5)76-86-79(82)72-70-68-66-64-62-60-58-56-54-52-50-48-31-29-27-25-23-21-19-17-15-13-11-9-7-2/h8,10,14,16,20,22,25-28,78H,6-7,9,11-13,15,17-19,21,23-24,29-77H2,1-5H3/b10-8-,16-14-,22-20-,27-25-,28-26-. The zero-order valence-corrected chi connectivity index (χ0v) is 61.2. The number of allylic oxidation sites excluding steroid dienone is 10. The Hall–Kier alpha value is -2.29. The minimum Gasteiger partial charge on any atom is -0.756 e. The summed E-state index contributed by atoms with van der Waals surface area (Å²) in [4.78, 5) is 38.1. The second-order valence-electron chi connectivity index (χ2n) is 27.7. The molecular formula is C80H150NO8P. The van der Waals surface area contributed by atoms with Gasteiger partial charge in [-0.2, -0.15) is 0 Å². The third-order valence-electron chi connectivity index (χ3n) is 17.5. The summed E-state index contributed by atoms with van der Waals surface area (Å²) in [5.74, 6) is -0.811. The summed E-state index contributed by atoms with van der Waals surface area (Å²) in [6, 6.07) is 0. The van der Waals surface area contributed by atoms with Crippen LogP contribution in [0.2, 0.25) is 0 Å². The van der Waals surface area contributed by atoms with Crippen LogP contribution in [0.1, 0.15) is 386 Å². The van der Waals surface area contributed by atoms with Gasteiger partial charge in [0.15, 0.2) is 6.10 Å². The summed E-state index contributed by atoms with van der Waals surface area (Å²) in [6.45, 7) is 4.19. The number of unbranched alkanes of at least 4 members (excludes halogenated alkanes) is 49. The average Bonchev–Trinajstić information content (AvgIpc) is 3.62. The first-order chi connectivity index (χ1) is 44.0. The normalized spacial score (nSPS) is 13.4. The molecule has 2 atom stereocenters. The van der Waals surface area contributed by atoms with Gasteiger partial charge in [-0.3, -0.25) is 14.2 Å². The van der Waals surface area contributed by atoms with Crippen LogP contribution in [0.25, 0.3) is 0 Å². The molecule has 0 saturated heterocycles. The van der Waals surface area contributed by atoms with E-state index in [0.29, 0.717) is 17.4 Å². The van der Waals surface area contributed by atoms with Crippen LogP contribution < -0.4 is 4.89 Å². The lowest BCUT2D eigenvalue weighted by Gasteiger charge is -2.28. The maximum atomic E-state index is 12.9. The third kappa shape index (κ3) is 74.7. The number of quaternary nitrogens is 1. The third-order valence-corrected chi connectivity index (χ3v) is 18.5. The number of ether oxygens (including phenoxy) is 2. The van der Waals surface area contributed by atoms with E-state index in [-0.39, 0.29) is 32.0 Å². The van der Waals surface area contributed by atoms with Crippen LogP contribution in [0.15, 0.2) is 60.8 Å². The Morgan fingerprint density at radius 1 is 0.356 bits per heavy atom. The minimum atomic E-state index is -4.64. The highest BCUT2D eigenvalue weighted by Crippen LogP contribution is 2.38. The number of rotatable bonds is 73. The van der Waals surface area contributed by atoms with Crippen LogP contribution in [0.3, 0.4) is 0 Å². The first-order valence-corrected chi connectivity index (χ1v) is 40.5. The van der Waals surface area contributed by atoms with E-state index in [4.69, 9.17) is 18.5 Å². The largest absolute Gasteiger partial charge is 0.756 e. The van der Waals surface area contributed by atoms with Crippen molar-refractivity contribution in [2.75, 3.05) is 47.5 Å². The van der Waals surface area contributed by atoms with Crippen LogP contribution >= 0.6 is 7.82 Å². The SMILES string of the molecule is CC/C=C\C/C=C\C/C=C\C/C=C\CCCCCCCCCCCCCCCCCCCCCCCCCCCCCCC(=O)OC(COC(=O)CCCCCCCCCCCCCCC/C=C\CCCCCCCCCC)COP(=O)([O-])OCC[N+](C)(C)C. The molecule has 90 heavy (non-hydrogen) atoms. The summed E-state index contributed by atoms with van der Waals surface area (Å²) < 4.78 is 34.4. The van der Waals surface area contributed by atoms with Gasteiger partial charge in [0.1, 0.15) is 19.8 Å². The fourth-order valence-corrected chi connectivity index (χ4v) is 12.3. The van der Waals surface area contributed by atoms with E-state index in [1.54, 1.807) is 0 Å². The highest BCUT2D eigenvalue weighted by Gasteiger charge is 2.22. The Balaban J connectivity index is 3.89. The van der Waals surface area contributed by atoms with Crippen molar-refractivity contribution < 1.29 is 42.1 Å². The van der Waals surface area contributed by atoms with Crippen molar-refractivity contribution in [3.8, 4) is 0 Å². The Morgan fingerprint density at radius 2 is 0.633 bits per heavy atom. The van der Waals surface area contributed by atoms with Crippen LogP contribution in [0.4, 0.5) is 0 Å². The van der Waals surface area contributed by atoms with Gasteiger partial charge in [0.05, 0.1) is 27.7 Å². The summed E-state index contributed by atoms with van der Waals surface area (Å²) in [7, 11) is 1.19. The molecule has 0 aromatic heterocycles. The maximum Gasteiger partial charge on any atom is 0.306 e. The Bertz CT molecular complexity index is 1700. The van der Waals surface area contributed by atoms with Gasteiger partial charge in [-0.25, -0.2) is 0 Å². The smallest absolute Gasteiger partial charge is 0.306 e. The molecule has 0 rings (SSSR count).